The van der Waals surface area contributed by atoms with Gasteiger partial charge in [-0.05, 0) is 19.8 Å². The highest BCUT2D eigenvalue weighted by Crippen LogP contribution is 2.25. The monoisotopic (exact) mass is 216 g/mol. The van der Waals surface area contributed by atoms with Crippen molar-refractivity contribution in [3.63, 3.8) is 0 Å². The second-order valence-electron chi connectivity index (χ2n) is 3.72. The number of amides is 1. The molecule has 0 radical (unpaired) electrons. The molecule has 0 saturated carbocycles. The van der Waals surface area contributed by atoms with E-state index in [1.54, 1.807) is 0 Å². The van der Waals surface area contributed by atoms with Gasteiger partial charge in [-0.2, -0.15) is 0 Å². The summed E-state index contributed by atoms with van der Waals surface area (Å²) in [6.45, 7) is 5.42. The molecule has 88 valence electrons. The van der Waals surface area contributed by atoms with E-state index in [2.05, 4.69) is 5.32 Å². The van der Waals surface area contributed by atoms with Crippen molar-refractivity contribution in [1.29, 1.82) is 0 Å². The molecule has 0 bridgehead atoms. The first-order valence-corrected chi connectivity index (χ1v) is 5.17. The summed E-state index contributed by atoms with van der Waals surface area (Å²) in [5.41, 5.74) is 4.94. The minimum atomic E-state index is -1.04. The van der Waals surface area contributed by atoms with Crippen molar-refractivity contribution in [2.75, 3.05) is 6.54 Å². The molecule has 0 aromatic carbocycles. The molecule has 5 heteroatoms. The van der Waals surface area contributed by atoms with Gasteiger partial charge in [0.2, 0.25) is 5.91 Å². The lowest BCUT2D eigenvalue weighted by Gasteiger charge is -2.29. The summed E-state index contributed by atoms with van der Waals surface area (Å²) >= 11 is 0. The van der Waals surface area contributed by atoms with E-state index in [1.165, 1.54) is 6.92 Å². The van der Waals surface area contributed by atoms with Crippen molar-refractivity contribution in [2.24, 2.45) is 11.1 Å². The molecule has 0 fully saturated rings. The first kappa shape index (κ1) is 13.9. The van der Waals surface area contributed by atoms with E-state index in [1.807, 2.05) is 13.8 Å². The van der Waals surface area contributed by atoms with Crippen LogP contribution in [0.25, 0.3) is 0 Å². The molecular formula is C10H20N2O3. The van der Waals surface area contributed by atoms with E-state index >= 15 is 0 Å². The van der Waals surface area contributed by atoms with Crippen LogP contribution < -0.4 is 11.1 Å². The third-order valence-corrected chi connectivity index (χ3v) is 2.94. The van der Waals surface area contributed by atoms with Crippen LogP contribution in [0.15, 0.2) is 0 Å². The number of aliphatic carboxylic acids is 1. The van der Waals surface area contributed by atoms with Gasteiger partial charge in [-0.1, -0.05) is 13.8 Å². The SMILES string of the molecule is CCC(CC)(CN)C(=O)N[C@H](C)C(=O)O. The predicted octanol–water partition coefficient (Wildman–Crippen LogP) is 0.341. The second-order valence-corrected chi connectivity index (χ2v) is 3.72. The third-order valence-electron chi connectivity index (χ3n) is 2.94. The number of nitrogens with two attached hydrogens (primary N) is 1. The molecular weight excluding hydrogens is 196 g/mol. The van der Waals surface area contributed by atoms with Crippen LogP contribution in [0.3, 0.4) is 0 Å². The van der Waals surface area contributed by atoms with Crippen LogP contribution in [0.4, 0.5) is 0 Å². The van der Waals surface area contributed by atoms with Crippen molar-refractivity contribution in [3.05, 3.63) is 0 Å². The maximum Gasteiger partial charge on any atom is 0.325 e. The van der Waals surface area contributed by atoms with Gasteiger partial charge >= 0.3 is 5.97 Å². The number of carboxylic acids is 1. The summed E-state index contributed by atoms with van der Waals surface area (Å²) < 4.78 is 0. The number of carboxylic acid groups (broad SMARTS) is 1. The third kappa shape index (κ3) is 3.20. The molecule has 0 aliphatic carbocycles. The number of carbonyl (C=O) groups excluding carboxylic acids is 1. The van der Waals surface area contributed by atoms with E-state index in [0.29, 0.717) is 12.8 Å². The van der Waals surface area contributed by atoms with Gasteiger partial charge in [-0.3, -0.25) is 9.59 Å². The first-order chi connectivity index (χ1) is 6.93. The molecule has 0 heterocycles. The van der Waals surface area contributed by atoms with Crippen LogP contribution in [0.5, 0.6) is 0 Å². The van der Waals surface area contributed by atoms with Gasteiger partial charge in [0, 0.05) is 6.54 Å². The van der Waals surface area contributed by atoms with E-state index in [9.17, 15) is 9.59 Å². The Morgan fingerprint density at radius 1 is 1.40 bits per heavy atom. The summed E-state index contributed by atoms with van der Waals surface area (Å²) in [4.78, 5) is 22.4. The summed E-state index contributed by atoms with van der Waals surface area (Å²) in [7, 11) is 0. The van der Waals surface area contributed by atoms with Gasteiger partial charge in [0.15, 0.2) is 0 Å². The van der Waals surface area contributed by atoms with Gasteiger partial charge in [-0.25, -0.2) is 0 Å². The smallest absolute Gasteiger partial charge is 0.325 e. The summed E-state index contributed by atoms with van der Waals surface area (Å²) in [5.74, 6) is -1.31. The van der Waals surface area contributed by atoms with Gasteiger partial charge in [-0.15, -0.1) is 0 Å². The van der Waals surface area contributed by atoms with E-state index < -0.39 is 17.4 Å². The Morgan fingerprint density at radius 3 is 2.13 bits per heavy atom. The molecule has 0 rings (SSSR count). The normalized spacial score (nSPS) is 13.3. The molecule has 1 atom stereocenters. The highest BCUT2D eigenvalue weighted by Gasteiger charge is 2.34. The Hall–Kier alpha value is -1.10. The van der Waals surface area contributed by atoms with Crippen molar-refractivity contribution in [3.8, 4) is 0 Å². The van der Waals surface area contributed by atoms with Crippen LogP contribution in [-0.4, -0.2) is 29.6 Å². The lowest BCUT2D eigenvalue weighted by Crippen LogP contribution is -2.50. The van der Waals surface area contributed by atoms with Crippen molar-refractivity contribution in [1.82, 2.24) is 5.32 Å². The average molecular weight is 216 g/mol. The van der Waals surface area contributed by atoms with Crippen LogP contribution in [0.2, 0.25) is 0 Å². The second kappa shape index (κ2) is 5.70. The Morgan fingerprint density at radius 2 is 1.87 bits per heavy atom. The maximum absolute atomic E-state index is 11.8. The largest absolute Gasteiger partial charge is 0.480 e. The molecule has 0 aliphatic rings. The Labute approximate surface area is 90.0 Å². The average Bonchev–Trinajstić information content (AvgIpc) is 2.21. The molecule has 0 aromatic heterocycles. The highest BCUT2D eigenvalue weighted by atomic mass is 16.4. The van der Waals surface area contributed by atoms with E-state index in [0.717, 1.165) is 0 Å². The number of hydrogen-bond acceptors (Lipinski definition) is 3. The topological polar surface area (TPSA) is 92.4 Å². The Kier molecular flexibility index (Phi) is 5.28. The van der Waals surface area contributed by atoms with Crippen LogP contribution >= 0.6 is 0 Å². The fourth-order valence-corrected chi connectivity index (χ4v) is 1.36. The number of hydrogen-bond donors (Lipinski definition) is 3. The zero-order chi connectivity index (χ0) is 12.1. The van der Waals surface area contributed by atoms with Crippen molar-refractivity contribution in [2.45, 2.75) is 39.7 Å². The fraction of sp³-hybridized carbons (Fsp3) is 0.800. The summed E-state index contributed by atoms with van der Waals surface area (Å²) in [6.07, 6.45) is 1.22. The minimum absolute atomic E-state index is 0.234. The molecule has 15 heavy (non-hydrogen) atoms. The summed E-state index contributed by atoms with van der Waals surface area (Å²) in [6, 6.07) is -0.874. The molecule has 1 amide bonds. The molecule has 5 nitrogen and oxygen atoms in total. The quantitative estimate of drug-likeness (QED) is 0.597. The Balaban J connectivity index is 4.59. The lowest BCUT2D eigenvalue weighted by atomic mass is 9.81. The molecule has 4 N–H and O–H groups in total. The van der Waals surface area contributed by atoms with Crippen molar-refractivity contribution >= 4 is 11.9 Å². The van der Waals surface area contributed by atoms with Gasteiger partial charge in [0.25, 0.3) is 0 Å². The summed E-state index contributed by atoms with van der Waals surface area (Å²) in [5, 5.41) is 11.1. The van der Waals surface area contributed by atoms with Crippen molar-refractivity contribution < 1.29 is 14.7 Å². The molecule has 0 spiro atoms. The predicted molar refractivity (Wildman–Crippen MR) is 57.3 cm³/mol. The van der Waals surface area contributed by atoms with E-state index in [4.69, 9.17) is 10.8 Å². The maximum atomic E-state index is 11.8. The number of rotatable bonds is 6. The zero-order valence-corrected chi connectivity index (χ0v) is 9.54. The van der Waals surface area contributed by atoms with Crippen LogP contribution in [0, 0.1) is 5.41 Å². The van der Waals surface area contributed by atoms with Crippen LogP contribution in [-0.2, 0) is 9.59 Å². The van der Waals surface area contributed by atoms with Gasteiger partial charge < -0.3 is 16.2 Å². The van der Waals surface area contributed by atoms with Gasteiger partial charge in [0.05, 0.1) is 5.41 Å². The molecule has 0 aromatic rings. The first-order valence-electron chi connectivity index (χ1n) is 5.17. The number of nitrogens with one attached hydrogen (secondary N) is 1. The number of carbonyl (C=O) groups is 2. The molecule has 0 aliphatic heterocycles. The van der Waals surface area contributed by atoms with E-state index in [-0.39, 0.29) is 12.5 Å². The highest BCUT2D eigenvalue weighted by molar-refractivity contribution is 5.87. The van der Waals surface area contributed by atoms with Gasteiger partial charge in [0.1, 0.15) is 6.04 Å². The lowest BCUT2D eigenvalue weighted by molar-refractivity contribution is -0.143. The Bertz CT molecular complexity index is 229. The zero-order valence-electron chi connectivity index (χ0n) is 9.54. The fourth-order valence-electron chi connectivity index (χ4n) is 1.36. The van der Waals surface area contributed by atoms with Crippen LogP contribution in [0.1, 0.15) is 33.6 Å². The standard InChI is InChI=1S/C10H20N2O3/c1-4-10(5-2,6-11)9(15)12-7(3)8(13)14/h7H,4-6,11H2,1-3H3,(H,12,15)(H,13,14)/t7-/m1/s1. The molecule has 0 saturated heterocycles. The molecule has 0 unspecified atom stereocenters. The minimum Gasteiger partial charge on any atom is -0.480 e.